The molecule has 1 unspecified atom stereocenters. The zero-order valence-electron chi connectivity index (χ0n) is 12.0. The molecule has 2 rings (SSSR count). The summed E-state index contributed by atoms with van der Waals surface area (Å²) in [5.74, 6) is 1.06. The first-order valence-corrected chi connectivity index (χ1v) is 7.09. The van der Waals surface area contributed by atoms with Gasteiger partial charge in [-0.15, -0.1) is 0 Å². The molecule has 0 amide bonds. The van der Waals surface area contributed by atoms with Gasteiger partial charge in [0.2, 0.25) is 0 Å². The molecule has 0 aromatic heterocycles. The Bertz CT molecular complexity index is 412. The summed E-state index contributed by atoms with van der Waals surface area (Å²) in [5, 5.41) is 3.56. The van der Waals surface area contributed by atoms with Crippen molar-refractivity contribution in [2.45, 2.75) is 52.0 Å². The van der Waals surface area contributed by atoms with Crippen molar-refractivity contribution in [3.8, 4) is 5.75 Å². The maximum atomic E-state index is 5.76. The van der Waals surface area contributed by atoms with Crippen LogP contribution < -0.4 is 10.1 Å². The van der Waals surface area contributed by atoms with Gasteiger partial charge in [0.15, 0.2) is 0 Å². The minimum absolute atomic E-state index is 0.239. The Balaban J connectivity index is 2.36. The second-order valence-corrected chi connectivity index (χ2v) is 5.74. The molecule has 0 spiro atoms. The summed E-state index contributed by atoms with van der Waals surface area (Å²) in [4.78, 5) is 0. The van der Waals surface area contributed by atoms with E-state index in [-0.39, 0.29) is 5.41 Å². The van der Waals surface area contributed by atoms with E-state index in [9.17, 15) is 0 Å². The summed E-state index contributed by atoms with van der Waals surface area (Å²) < 4.78 is 5.76. The van der Waals surface area contributed by atoms with Gasteiger partial charge < -0.3 is 10.1 Å². The third kappa shape index (κ3) is 2.54. The van der Waals surface area contributed by atoms with Crippen molar-refractivity contribution in [2.75, 3.05) is 13.2 Å². The lowest BCUT2D eigenvalue weighted by Crippen LogP contribution is -2.27. The molecule has 0 fully saturated rings. The summed E-state index contributed by atoms with van der Waals surface area (Å²) in [7, 11) is 0. The van der Waals surface area contributed by atoms with Crippen molar-refractivity contribution in [3.63, 3.8) is 0 Å². The summed E-state index contributed by atoms with van der Waals surface area (Å²) in [5.41, 5.74) is 2.99. The standard InChI is InChI=1S/C16H25NO/c1-5-16(3,4)12-7-8-15-13(11-12)14(17-6-2)9-10-18-15/h7-8,11,14,17H,5-6,9-10H2,1-4H3. The SMILES string of the molecule is CCNC1CCOc2ccc(C(C)(C)CC)cc21. The van der Waals surface area contributed by atoms with Crippen LogP contribution >= 0.6 is 0 Å². The molecule has 1 N–H and O–H groups in total. The molecule has 1 aromatic rings. The third-order valence-electron chi connectivity index (χ3n) is 4.17. The summed E-state index contributed by atoms with van der Waals surface area (Å²) in [6.07, 6.45) is 2.22. The van der Waals surface area contributed by atoms with Crippen LogP contribution in [-0.2, 0) is 5.41 Å². The Hall–Kier alpha value is -1.02. The van der Waals surface area contributed by atoms with E-state index in [2.05, 4.69) is 51.2 Å². The number of nitrogens with one attached hydrogen (secondary N) is 1. The molecule has 0 saturated heterocycles. The van der Waals surface area contributed by atoms with E-state index in [0.29, 0.717) is 6.04 Å². The smallest absolute Gasteiger partial charge is 0.124 e. The fraction of sp³-hybridized carbons (Fsp3) is 0.625. The number of fused-ring (bicyclic) bond motifs is 1. The van der Waals surface area contributed by atoms with E-state index in [0.717, 1.165) is 31.7 Å². The van der Waals surface area contributed by atoms with Crippen molar-refractivity contribution >= 4 is 0 Å². The van der Waals surface area contributed by atoms with Crippen LogP contribution in [0.2, 0.25) is 0 Å². The number of rotatable bonds is 4. The van der Waals surface area contributed by atoms with Crippen LogP contribution in [-0.4, -0.2) is 13.2 Å². The van der Waals surface area contributed by atoms with E-state index in [1.165, 1.54) is 11.1 Å². The van der Waals surface area contributed by atoms with E-state index in [1.54, 1.807) is 0 Å². The molecular weight excluding hydrogens is 222 g/mol. The van der Waals surface area contributed by atoms with Crippen molar-refractivity contribution in [1.29, 1.82) is 0 Å². The van der Waals surface area contributed by atoms with Gasteiger partial charge in [-0.05, 0) is 36.1 Å². The normalized spacial score (nSPS) is 19.2. The van der Waals surface area contributed by atoms with Gasteiger partial charge in [0.25, 0.3) is 0 Å². The predicted octanol–water partition coefficient (Wildman–Crippen LogP) is 3.81. The highest BCUT2D eigenvalue weighted by Gasteiger charge is 2.24. The Labute approximate surface area is 111 Å². The van der Waals surface area contributed by atoms with Crippen molar-refractivity contribution in [2.24, 2.45) is 0 Å². The summed E-state index contributed by atoms with van der Waals surface area (Å²) in [6.45, 7) is 10.8. The number of hydrogen-bond acceptors (Lipinski definition) is 2. The molecule has 2 nitrogen and oxygen atoms in total. The molecule has 0 bridgehead atoms. The van der Waals surface area contributed by atoms with Gasteiger partial charge in [0.1, 0.15) is 5.75 Å². The topological polar surface area (TPSA) is 21.3 Å². The van der Waals surface area contributed by atoms with Crippen LogP contribution in [0.25, 0.3) is 0 Å². The molecular formula is C16H25NO. The second-order valence-electron chi connectivity index (χ2n) is 5.74. The average molecular weight is 247 g/mol. The summed E-state index contributed by atoms with van der Waals surface area (Å²) in [6, 6.07) is 7.15. The molecule has 2 heteroatoms. The fourth-order valence-electron chi connectivity index (χ4n) is 2.48. The molecule has 1 aliphatic heterocycles. The number of hydrogen-bond donors (Lipinski definition) is 1. The van der Waals surface area contributed by atoms with Gasteiger partial charge in [-0.2, -0.15) is 0 Å². The first-order valence-electron chi connectivity index (χ1n) is 7.09. The van der Waals surface area contributed by atoms with Crippen molar-refractivity contribution in [3.05, 3.63) is 29.3 Å². The van der Waals surface area contributed by atoms with E-state index >= 15 is 0 Å². The highest BCUT2D eigenvalue weighted by molar-refractivity contribution is 5.42. The maximum Gasteiger partial charge on any atom is 0.124 e. The van der Waals surface area contributed by atoms with E-state index < -0.39 is 0 Å². The van der Waals surface area contributed by atoms with Gasteiger partial charge >= 0.3 is 0 Å². The minimum atomic E-state index is 0.239. The van der Waals surface area contributed by atoms with Gasteiger partial charge in [0.05, 0.1) is 6.61 Å². The second kappa shape index (κ2) is 5.31. The van der Waals surface area contributed by atoms with E-state index in [1.807, 2.05) is 0 Å². The molecule has 0 saturated carbocycles. The average Bonchev–Trinajstić information content (AvgIpc) is 2.39. The van der Waals surface area contributed by atoms with Crippen molar-refractivity contribution in [1.82, 2.24) is 5.32 Å². The molecule has 1 aromatic carbocycles. The fourth-order valence-corrected chi connectivity index (χ4v) is 2.48. The predicted molar refractivity (Wildman–Crippen MR) is 76.3 cm³/mol. The van der Waals surface area contributed by atoms with Crippen LogP contribution in [0, 0.1) is 0 Å². The monoisotopic (exact) mass is 247 g/mol. The van der Waals surface area contributed by atoms with Crippen LogP contribution in [0.3, 0.4) is 0 Å². The quantitative estimate of drug-likeness (QED) is 0.873. The van der Waals surface area contributed by atoms with E-state index in [4.69, 9.17) is 4.74 Å². The van der Waals surface area contributed by atoms with Crippen LogP contribution in [0.1, 0.15) is 57.7 Å². The zero-order valence-corrected chi connectivity index (χ0v) is 12.0. The largest absolute Gasteiger partial charge is 0.493 e. The molecule has 0 aliphatic carbocycles. The molecule has 0 radical (unpaired) electrons. The highest BCUT2D eigenvalue weighted by Crippen LogP contribution is 2.36. The first-order chi connectivity index (χ1) is 8.58. The molecule has 100 valence electrons. The van der Waals surface area contributed by atoms with Gasteiger partial charge in [0, 0.05) is 18.0 Å². The summed E-state index contributed by atoms with van der Waals surface area (Å²) >= 11 is 0. The number of ether oxygens (including phenoxy) is 1. The highest BCUT2D eigenvalue weighted by atomic mass is 16.5. The van der Waals surface area contributed by atoms with Gasteiger partial charge in [-0.25, -0.2) is 0 Å². The number of benzene rings is 1. The lowest BCUT2D eigenvalue weighted by atomic mass is 9.80. The van der Waals surface area contributed by atoms with Crippen LogP contribution in [0.4, 0.5) is 0 Å². The lowest BCUT2D eigenvalue weighted by molar-refractivity contribution is 0.253. The minimum Gasteiger partial charge on any atom is -0.493 e. The zero-order chi connectivity index (χ0) is 13.2. The van der Waals surface area contributed by atoms with Gasteiger partial charge in [-0.3, -0.25) is 0 Å². The van der Waals surface area contributed by atoms with Crippen LogP contribution in [0.5, 0.6) is 5.75 Å². The Morgan fingerprint density at radius 2 is 2.11 bits per heavy atom. The molecule has 18 heavy (non-hydrogen) atoms. The molecule has 1 aliphatic rings. The third-order valence-corrected chi connectivity index (χ3v) is 4.17. The van der Waals surface area contributed by atoms with Crippen molar-refractivity contribution < 1.29 is 4.74 Å². The lowest BCUT2D eigenvalue weighted by Gasteiger charge is -2.30. The Morgan fingerprint density at radius 3 is 2.78 bits per heavy atom. The Kier molecular flexibility index (Phi) is 3.96. The van der Waals surface area contributed by atoms with Crippen LogP contribution in [0.15, 0.2) is 18.2 Å². The Morgan fingerprint density at radius 1 is 1.33 bits per heavy atom. The molecule has 1 heterocycles. The maximum absolute atomic E-state index is 5.76. The van der Waals surface area contributed by atoms with Gasteiger partial charge in [-0.1, -0.05) is 33.8 Å². The first kappa shape index (κ1) is 13.4. The molecule has 1 atom stereocenters.